The molecule has 13 heteroatoms. The maximum Gasteiger partial charge on any atom is 0.573 e. The summed E-state index contributed by atoms with van der Waals surface area (Å²) in [5.41, 5.74) is -2.22. The van der Waals surface area contributed by atoms with E-state index >= 15 is 0 Å². The second-order valence-corrected chi connectivity index (χ2v) is 9.41. The molecule has 1 saturated carbocycles. The molecule has 2 atom stereocenters. The molecule has 0 saturated heterocycles. The molecular weight excluding hydrogens is 500 g/mol. The number of pyridine rings is 1. The number of carbonyl (C=O) groups is 2. The van der Waals surface area contributed by atoms with Gasteiger partial charge in [0.2, 0.25) is 0 Å². The second-order valence-electron chi connectivity index (χ2n) is 9.41. The molecule has 2 aliphatic heterocycles. The van der Waals surface area contributed by atoms with E-state index in [0.29, 0.717) is 11.4 Å². The fourth-order valence-corrected chi connectivity index (χ4v) is 5.38. The zero-order valence-electron chi connectivity index (χ0n) is 19.4. The standard InChI is InChI=1S/C24H18F4N4O5/c1-12-9-31(11-29-12)15-3-4-16-19(33)30(5-6-32(16)20(15)34)10-23-13-7-18(37-24(26,27)28)14(25)8-17(13)36-22(23,2)21(23)35/h3-4,7-9,11H,5-6,10H2,1-2H3/t22-,23+/m1/s1. The lowest BCUT2D eigenvalue weighted by Crippen LogP contribution is -2.48. The highest BCUT2D eigenvalue weighted by Gasteiger charge is 2.82. The van der Waals surface area contributed by atoms with Crippen LogP contribution in [0.3, 0.4) is 0 Å². The van der Waals surface area contributed by atoms with Crippen molar-refractivity contribution in [3.8, 4) is 17.2 Å². The highest BCUT2D eigenvalue weighted by Crippen LogP contribution is 2.64. The van der Waals surface area contributed by atoms with Crippen molar-refractivity contribution in [3.63, 3.8) is 0 Å². The Morgan fingerprint density at radius 2 is 1.92 bits per heavy atom. The van der Waals surface area contributed by atoms with Gasteiger partial charge in [0.15, 0.2) is 23.0 Å². The van der Waals surface area contributed by atoms with E-state index < -0.39 is 46.2 Å². The lowest BCUT2D eigenvalue weighted by atomic mass is 9.91. The number of Topliss-reactive ketones (excluding diaryl/α,β-unsaturated/α-hetero) is 1. The molecular formula is C24H18F4N4O5. The van der Waals surface area contributed by atoms with Gasteiger partial charge in [0.05, 0.1) is 12.0 Å². The van der Waals surface area contributed by atoms with Crippen LogP contribution in [0.2, 0.25) is 0 Å². The van der Waals surface area contributed by atoms with Crippen molar-refractivity contribution >= 4 is 11.7 Å². The van der Waals surface area contributed by atoms with Crippen molar-refractivity contribution in [2.45, 2.75) is 37.8 Å². The van der Waals surface area contributed by atoms with Crippen LogP contribution >= 0.6 is 0 Å². The summed E-state index contributed by atoms with van der Waals surface area (Å²) in [4.78, 5) is 44.9. The first-order chi connectivity index (χ1) is 17.4. The van der Waals surface area contributed by atoms with E-state index in [-0.39, 0.29) is 36.6 Å². The molecule has 3 aliphatic rings. The highest BCUT2D eigenvalue weighted by molar-refractivity contribution is 6.19. The minimum atomic E-state index is -5.15. The highest BCUT2D eigenvalue weighted by atomic mass is 19.4. The first-order valence-corrected chi connectivity index (χ1v) is 11.2. The van der Waals surface area contributed by atoms with Crippen molar-refractivity contribution in [3.05, 3.63) is 69.9 Å². The molecule has 2 aromatic heterocycles. The molecule has 192 valence electrons. The molecule has 0 radical (unpaired) electrons. The van der Waals surface area contributed by atoms with Crippen LogP contribution in [0.4, 0.5) is 17.6 Å². The van der Waals surface area contributed by atoms with Crippen LogP contribution in [0.15, 0.2) is 41.6 Å². The van der Waals surface area contributed by atoms with Crippen LogP contribution in [0.5, 0.6) is 11.5 Å². The number of benzene rings is 1. The van der Waals surface area contributed by atoms with E-state index in [1.54, 1.807) is 17.7 Å². The van der Waals surface area contributed by atoms with Crippen LogP contribution in [0, 0.1) is 12.7 Å². The molecule has 0 spiro atoms. The fraction of sp³-hybridized carbons (Fsp3) is 0.333. The zero-order chi connectivity index (χ0) is 26.5. The van der Waals surface area contributed by atoms with Crippen molar-refractivity contribution in [1.29, 1.82) is 0 Å². The first kappa shape index (κ1) is 23.3. The Hall–Kier alpha value is -4.16. The number of hydrogen-bond acceptors (Lipinski definition) is 6. The summed E-state index contributed by atoms with van der Waals surface area (Å²) in [6.45, 7) is 3.19. The van der Waals surface area contributed by atoms with Crippen LogP contribution in [-0.4, -0.2) is 55.8 Å². The molecule has 1 fully saturated rings. The third-order valence-corrected chi connectivity index (χ3v) is 7.28. The summed E-state index contributed by atoms with van der Waals surface area (Å²) in [5.74, 6) is -3.46. The van der Waals surface area contributed by atoms with Gasteiger partial charge < -0.3 is 23.5 Å². The number of aromatic nitrogens is 3. The number of hydrogen-bond donors (Lipinski definition) is 0. The van der Waals surface area contributed by atoms with Crippen molar-refractivity contribution in [1.82, 2.24) is 19.0 Å². The summed E-state index contributed by atoms with van der Waals surface area (Å²) in [6.07, 6.45) is -1.98. The molecule has 1 amide bonds. The van der Waals surface area contributed by atoms with E-state index in [4.69, 9.17) is 4.74 Å². The molecule has 0 unspecified atom stereocenters. The largest absolute Gasteiger partial charge is 0.573 e. The molecule has 6 rings (SSSR count). The van der Waals surface area contributed by atoms with Crippen LogP contribution in [0.25, 0.3) is 5.69 Å². The van der Waals surface area contributed by atoms with Gasteiger partial charge in [-0.25, -0.2) is 9.37 Å². The number of carbonyl (C=O) groups excluding carboxylic acids is 2. The van der Waals surface area contributed by atoms with Gasteiger partial charge in [-0.2, -0.15) is 0 Å². The molecule has 0 bridgehead atoms. The van der Waals surface area contributed by atoms with E-state index in [2.05, 4.69) is 9.72 Å². The number of ketones is 1. The normalized spacial score (nSPS) is 23.9. The van der Waals surface area contributed by atoms with Crippen molar-refractivity contribution < 1.29 is 36.6 Å². The number of rotatable bonds is 4. The average Bonchev–Trinajstić information content (AvgIpc) is 3.11. The molecule has 4 heterocycles. The van der Waals surface area contributed by atoms with Crippen LogP contribution < -0.4 is 15.0 Å². The van der Waals surface area contributed by atoms with E-state index in [1.807, 2.05) is 0 Å². The van der Waals surface area contributed by atoms with Gasteiger partial charge in [0.1, 0.15) is 22.5 Å². The number of fused-ring (bicyclic) bond motifs is 4. The molecule has 37 heavy (non-hydrogen) atoms. The molecule has 0 N–H and O–H groups in total. The predicted octanol–water partition coefficient (Wildman–Crippen LogP) is 2.51. The summed E-state index contributed by atoms with van der Waals surface area (Å²) in [5, 5.41) is 0. The molecule has 3 aromatic rings. The third kappa shape index (κ3) is 3.15. The second kappa shape index (κ2) is 7.20. The Morgan fingerprint density at radius 1 is 1.16 bits per heavy atom. The Bertz CT molecular complexity index is 1580. The molecule has 1 aromatic carbocycles. The van der Waals surface area contributed by atoms with E-state index in [1.165, 1.54) is 34.9 Å². The SMILES string of the molecule is Cc1cn(-c2ccc3n(c2=O)CCN(C[C@]24C(=O)[C@@]2(C)Oc2cc(F)c(OC(F)(F)F)cc24)C3=O)cn1. The summed E-state index contributed by atoms with van der Waals surface area (Å²) >= 11 is 0. The maximum atomic E-state index is 14.3. The van der Waals surface area contributed by atoms with E-state index in [0.717, 1.165) is 12.1 Å². The summed E-state index contributed by atoms with van der Waals surface area (Å²) in [7, 11) is 0. The molecule has 1 aliphatic carbocycles. The van der Waals surface area contributed by atoms with Gasteiger partial charge in [-0.15, -0.1) is 13.2 Å². The summed E-state index contributed by atoms with van der Waals surface area (Å²) in [6, 6.07) is 4.55. The number of alkyl halides is 3. The van der Waals surface area contributed by atoms with Crippen molar-refractivity contribution in [2.75, 3.05) is 13.1 Å². The number of nitrogens with zero attached hydrogens (tertiary/aromatic N) is 4. The summed E-state index contributed by atoms with van der Waals surface area (Å²) < 4.78 is 65.0. The Balaban J connectivity index is 1.34. The van der Waals surface area contributed by atoms with Gasteiger partial charge in [0, 0.05) is 37.5 Å². The first-order valence-electron chi connectivity index (χ1n) is 11.2. The lowest BCUT2D eigenvalue weighted by molar-refractivity contribution is -0.275. The number of aryl methyl sites for hydroxylation is 1. The van der Waals surface area contributed by atoms with Crippen LogP contribution in [-0.2, 0) is 16.8 Å². The molecule has 9 nitrogen and oxygen atoms in total. The number of halogens is 4. The average molecular weight is 518 g/mol. The minimum absolute atomic E-state index is 0.0160. The third-order valence-electron chi connectivity index (χ3n) is 7.28. The smallest absolute Gasteiger partial charge is 0.478 e. The Morgan fingerprint density at radius 3 is 2.59 bits per heavy atom. The van der Waals surface area contributed by atoms with Gasteiger partial charge in [-0.1, -0.05) is 0 Å². The van der Waals surface area contributed by atoms with Gasteiger partial charge in [-0.05, 0) is 32.0 Å². The zero-order valence-corrected chi connectivity index (χ0v) is 19.4. The number of imidazole rings is 1. The Labute approximate surface area is 205 Å². The van der Waals surface area contributed by atoms with Gasteiger partial charge in [-0.3, -0.25) is 14.4 Å². The lowest BCUT2D eigenvalue weighted by Gasteiger charge is -2.32. The minimum Gasteiger partial charge on any atom is -0.478 e. The monoisotopic (exact) mass is 518 g/mol. The van der Waals surface area contributed by atoms with Gasteiger partial charge in [0.25, 0.3) is 11.5 Å². The van der Waals surface area contributed by atoms with E-state index in [9.17, 15) is 31.9 Å². The quantitative estimate of drug-likeness (QED) is 0.493. The number of amides is 1. The number of ether oxygens (including phenoxy) is 2. The van der Waals surface area contributed by atoms with Crippen molar-refractivity contribution in [2.24, 2.45) is 0 Å². The van der Waals surface area contributed by atoms with Gasteiger partial charge >= 0.3 is 6.36 Å². The van der Waals surface area contributed by atoms with Crippen LogP contribution in [0.1, 0.15) is 28.7 Å². The maximum absolute atomic E-state index is 14.3. The fourth-order valence-electron chi connectivity index (χ4n) is 5.38. The Kier molecular flexibility index (Phi) is 4.53. The topological polar surface area (TPSA) is 95.7 Å². The predicted molar refractivity (Wildman–Crippen MR) is 117 cm³/mol.